The Balaban J connectivity index is 0.00000300. The minimum Gasteiger partial charge on any atom is -0.354 e. The summed E-state index contributed by atoms with van der Waals surface area (Å²) in [6.07, 6.45) is 1.19. The van der Waals surface area contributed by atoms with E-state index < -0.39 is 0 Å². The van der Waals surface area contributed by atoms with Crippen LogP contribution in [0.25, 0.3) is 0 Å². The third-order valence-electron chi connectivity index (χ3n) is 4.76. The lowest BCUT2D eigenvalue weighted by Crippen LogP contribution is -2.43. The van der Waals surface area contributed by atoms with Gasteiger partial charge in [-0.05, 0) is 36.6 Å². The Labute approximate surface area is 194 Å². The van der Waals surface area contributed by atoms with Gasteiger partial charge in [0.25, 0.3) is 5.91 Å². The third kappa shape index (κ3) is 7.54. The van der Waals surface area contributed by atoms with Crippen LogP contribution >= 0.6 is 35.7 Å². The molecule has 1 amide bonds. The summed E-state index contributed by atoms with van der Waals surface area (Å²) in [5.41, 5.74) is 0.685. The molecular weight excluding hydrogens is 495 g/mol. The molecule has 2 N–H and O–H groups in total. The maximum atomic E-state index is 12.1. The van der Waals surface area contributed by atoms with E-state index >= 15 is 0 Å². The lowest BCUT2D eigenvalue weighted by molar-refractivity contribution is 0.0954. The zero-order valence-corrected chi connectivity index (χ0v) is 19.9. The number of carbonyl (C=O) groups excluding carboxylic acids is 1. The predicted molar refractivity (Wildman–Crippen MR) is 132 cm³/mol. The molecule has 156 valence electrons. The van der Waals surface area contributed by atoms with Crippen molar-refractivity contribution in [1.82, 2.24) is 15.5 Å². The number of likely N-dealkylation sites (tertiary alicyclic amines) is 1. The Bertz CT molecular complexity index is 773. The fourth-order valence-electron chi connectivity index (χ4n) is 3.27. The zero-order valence-electron chi connectivity index (χ0n) is 16.7. The largest absolute Gasteiger partial charge is 0.354 e. The molecule has 0 radical (unpaired) electrons. The van der Waals surface area contributed by atoms with Crippen molar-refractivity contribution in [3.05, 3.63) is 66.2 Å². The van der Waals surface area contributed by atoms with Gasteiger partial charge in [0.05, 0.1) is 0 Å². The molecule has 1 aliphatic rings. The summed E-state index contributed by atoms with van der Waals surface area (Å²) in [4.78, 5) is 20.1. The summed E-state index contributed by atoms with van der Waals surface area (Å²) in [6, 6.07) is 19.9. The number of hydrogen-bond acceptors (Lipinski definition) is 3. The van der Waals surface area contributed by atoms with Crippen LogP contribution in [0, 0.1) is 5.92 Å². The van der Waals surface area contributed by atoms with E-state index in [1.54, 1.807) is 0 Å². The number of guanidine groups is 1. The molecule has 0 aromatic heterocycles. The first kappa shape index (κ1) is 23.5. The number of hydrogen-bond donors (Lipinski definition) is 2. The van der Waals surface area contributed by atoms with E-state index in [0.29, 0.717) is 24.6 Å². The fourth-order valence-corrected chi connectivity index (χ4v) is 4.32. The second kappa shape index (κ2) is 12.7. The van der Waals surface area contributed by atoms with Crippen LogP contribution in [0.2, 0.25) is 0 Å². The average molecular weight is 524 g/mol. The number of thioether (sulfide) groups is 1. The van der Waals surface area contributed by atoms with E-state index in [0.717, 1.165) is 24.8 Å². The summed E-state index contributed by atoms with van der Waals surface area (Å²) in [7, 11) is 1.82. The molecule has 29 heavy (non-hydrogen) atoms. The number of amides is 1. The van der Waals surface area contributed by atoms with Gasteiger partial charge in [-0.2, -0.15) is 0 Å². The number of benzene rings is 2. The summed E-state index contributed by atoms with van der Waals surface area (Å²) in [5, 5.41) is 6.30. The highest BCUT2D eigenvalue weighted by molar-refractivity contribution is 14.0. The number of rotatable bonds is 7. The highest BCUT2D eigenvalue weighted by atomic mass is 127. The Kier molecular flexibility index (Phi) is 10.3. The Hall–Kier alpha value is -1.74. The summed E-state index contributed by atoms with van der Waals surface area (Å²) in [5.74, 6) is 2.67. The van der Waals surface area contributed by atoms with Crippen LogP contribution in [-0.4, -0.2) is 55.7 Å². The maximum absolute atomic E-state index is 12.1. The van der Waals surface area contributed by atoms with Crippen molar-refractivity contribution in [3.63, 3.8) is 0 Å². The van der Waals surface area contributed by atoms with Gasteiger partial charge in [0.1, 0.15) is 0 Å². The first-order valence-electron chi connectivity index (χ1n) is 9.73. The maximum Gasteiger partial charge on any atom is 0.251 e. The molecular formula is C22H29IN4OS. The van der Waals surface area contributed by atoms with Gasteiger partial charge in [0.2, 0.25) is 0 Å². The fraction of sp³-hybridized carbons (Fsp3) is 0.364. The monoisotopic (exact) mass is 524 g/mol. The van der Waals surface area contributed by atoms with Crippen molar-refractivity contribution >= 4 is 47.6 Å². The molecule has 3 rings (SSSR count). The minimum absolute atomic E-state index is 0. The molecule has 0 bridgehead atoms. The van der Waals surface area contributed by atoms with Crippen molar-refractivity contribution in [3.8, 4) is 0 Å². The molecule has 1 heterocycles. The average Bonchev–Trinajstić information content (AvgIpc) is 3.22. The zero-order chi connectivity index (χ0) is 19.6. The van der Waals surface area contributed by atoms with E-state index in [2.05, 4.69) is 50.9 Å². The number of aliphatic imine (C=N–C) groups is 1. The van der Waals surface area contributed by atoms with Crippen molar-refractivity contribution < 1.29 is 4.79 Å². The molecule has 1 saturated heterocycles. The van der Waals surface area contributed by atoms with Gasteiger partial charge in [0.15, 0.2) is 5.96 Å². The molecule has 0 spiro atoms. The molecule has 1 unspecified atom stereocenters. The molecule has 7 heteroatoms. The van der Waals surface area contributed by atoms with Crippen molar-refractivity contribution in [2.45, 2.75) is 11.3 Å². The topological polar surface area (TPSA) is 56.7 Å². The minimum atomic E-state index is -0.0449. The lowest BCUT2D eigenvalue weighted by atomic mass is 10.2. The molecule has 1 atom stereocenters. The van der Waals surface area contributed by atoms with Crippen LogP contribution in [0.5, 0.6) is 0 Å². The van der Waals surface area contributed by atoms with Crippen LogP contribution in [0.4, 0.5) is 0 Å². The molecule has 2 aromatic carbocycles. The van der Waals surface area contributed by atoms with E-state index in [1.165, 1.54) is 11.3 Å². The molecule has 1 aliphatic heterocycles. The quantitative estimate of drug-likeness (QED) is 0.191. The van der Waals surface area contributed by atoms with Crippen molar-refractivity contribution in [2.24, 2.45) is 10.9 Å². The number of halogens is 1. The van der Waals surface area contributed by atoms with Crippen LogP contribution in [0.3, 0.4) is 0 Å². The van der Waals surface area contributed by atoms with Crippen molar-refractivity contribution in [2.75, 3.05) is 39.0 Å². The first-order chi connectivity index (χ1) is 13.8. The molecule has 5 nitrogen and oxygen atoms in total. The third-order valence-corrected chi connectivity index (χ3v) is 6.00. The van der Waals surface area contributed by atoms with Gasteiger partial charge in [0, 0.05) is 49.4 Å². The van der Waals surface area contributed by atoms with E-state index in [4.69, 9.17) is 0 Å². The molecule has 1 fully saturated rings. The number of nitrogens with one attached hydrogen (secondary N) is 2. The Morgan fingerprint density at radius 3 is 2.41 bits per heavy atom. The number of carbonyl (C=O) groups is 1. The summed E-state index contributed by atoms with van der Waals surface area (Å²) >= 11 is 1.93. The van der Waals surface area contributed by atoms with Crippen LogP contribution in [0.1, 0.15) is 16.8 Å². The number of nitrogens with zero attached hydrogens (tertiary/aromatic N) is 2. The van der Waals surface area contributed by atoms with Gasteiger partial charge in [-0.15, -0.1) is 35.7 Å². The van der Waals surface area contributed by atoms with E-state index in [1.807, 2.05) is 49.1 Å². The Morgan fingerprint density at radius 1 is 1.07 bits per heavy atom. The molecule has 0 saturated carbocycles. The smallest absolute Gasteiger partial charge is 0.251 e. The predicted octanol–water partition coefficient (Wildman–Crippen LogP) is 3.72. The van der Waals surface area contributed by atoms with Crippen LogP contribution in [-0.2, 0) is 0 Å². The first-order valence-corrected chi connectivity index (χ1v) is 10.7. The van der Waals surface area contributed by atoms with E-state index in [9.17, 15) is 4.79 Å². The highest BCUT2D eigenvalue weighted by Gasteiger charge is 2.24. The molecule has 0 aliphatic carbocycles. The van der Waals surface area contributed by atoms with Gasteiger partial charge in [-0.1, -0.05) is 36.4 Å². The van der Waals surface area contributed by atoms with E-state index in [-0.39, 0.29) is 29.9 Å². The Morgan fingerprint density at radius 2 is 1.72 bits per heavy atom. The SMILES string of the molecule is CN=C(NCCNC(=O)c1ccccc1)N1CCC(CSc2ccccc2)C1.I. The highest BCUT2D eigenvalue weighted by Crippen LogP contribution is 2.25. The van der Waals surface area contributed by atoms with Crippen molar-refractivity contribution in [1.29, 1.82) is 0 Å². The summed E-state index contributed by atoms with van der Waals surface area (Å²) in [6.45, 7) is 3.27. The standard InChI is InChI=1S/C22H28N4OS.HI/c1-23-22(25-14-13-24-21(27)19-8-4-2-5-9-19)26-15-12-18(16-26)17-28-20-10-6-3-7-11-20;/h2-11,18H,12-17H2,1H3,(H,23,25)(H,24,27);1H. The normalized spacial score (nSPS) is 16.2. The van der Waals surface area contributed by atoms with Gasteiger partial charge < -0.3 is 15.5 Å². The lowest BCUT2D eigenvalue weighted by Gasteiger charge is -2.21. The van der Waals surface area contributed by atoms with Crippen LogP contribution in [0.15, 0.2) is 70.6 Å². The van der Waals surface area contributed by atoms with Crippen LogP contribution < -0.4 is 10.6 Å². The van der Waals surface area contributed by atoms with Gasteiger partial charge >= 0.3 is 0 Å². The van der Waals surface area contributed by atoms with Gasteiger partial charge in [-0.3, -0.25) is 9.79 Å². The summed E-state index contributed by atoms with van der Waals surface area (Å²) < 4.78 is 0. The second-order valence-corrected chi connectivity index (χ2v) is 7.91. The van der Waals surface area contributed by atoms with Gasteiger partial charge in [-0.25, -0.2) is 0 Å². The second-order valence-electron chi connectivity index (χ2n) is 6.82. The molecule has 2 aromatic rings.